The molecule has 0 atom stereocenters. The third-order valence-corrected chi connectivity index (χ3v) is 4.48. The number of likely N-dealkylation sites (N-methyl/N-ethyl adjacent to an activating group) is 2. The molecule has 1 heterocycles. The lowest BCUT2D eigenvalue weighted by Crippen LogP contribution is -2.56. The van der Waals surface area contributed by atoms with Crippen molar-refractivity contribution in [2.45, 2.75) is 44.8 Å². The van der Waals surface area contributed by atoms with Crippen molar-refractivity contribution in [1.82, 2.24) is 9.80 Å². The summed E-state index contributed by atoms with van der Waals surface area (Å²) in [5.74, 6) is 1.93. The summed E-state index contributed by atoms with van der Waals surface area (Å²) in [6.45, 7) is 4.49. The Morgan fingerprint density at radius 1 is 1.32 bits per heavy atom. The van der Waals surface area contributed by atoms with E-state index in [-0.39, 0.29) is 0 Å². The highest BCUT2D eigenvalue weighted by molar-refractivity contribution is 5.19. The predicted octanol–water partition coefficient (Wildman–Crippen LogP) is 1.96. The summed E-state index contributed by atoms with van der Waals surface area (Å²) in [4.78, 5) is 4.74. The van der Waals surface area contributed by atoms with E-state index in [0.29, 0.717) is 12.1 Å². The molecule has 0 unspecified atom stereocenters. The van der Waals surface area contributed by atoms with Crippen molar-refractivity contribution in [2.75, 3.05) is 27.7 Å². The molecule has 1 saturated carbocycles. The predicted molar refractivity (Wildman–Crippen MR) is 77.9 cm³/mol. The number of rotatable bonds is 6. The van der Waals surface area contributed by atoms with E-state index in [2.05, 4.69) is 43.9 Å². The Labute approximate surface area is 116 Å². The van der Waals surface area contributed by atoms with Gasteiger partial charge in [0.15, 0.2) is 0 Å². The molecular formula is C15H27N3O. The maximum Gasteiger partial charge on any atom is 0.120 e. The first-order chi connectivity index (χ1) is 8.97. The second-order valence-electron chi connectivity index (χ2n) is 6.17. The summed E-state index contributed by atoms with van der Waals surface area (Å²) in [6.07, 6.45) is 3.95. The summed E-state index contributed by atoms with van der Waals surface area (Å²) in [7, 11) is 6.55. The molecular weight excluding hydrogens is 238 g/mol. The van der Waals surface area contributed by atoms with Crippen LogP contribution < -0.4 is 5.73 Å². The van der Waals surface area contributed by atoms with Gasteiger partial charge in [-0.25, -0.2) is 0 Å². The van der Waals surface area contributed by atoms with Crippen LogP contribution in [-0.2, 0) is 13.1 Å². The monoisotopic (exact) mass is 265 g/mol. The smallest absolute Gasteiger partial charge is 0.120 e. The van der Waals surface area contributed by atoms with Crippen molar-refractivity contribution in [3.05, 3.63) is 23.2 Å². The van der Waals surface area contributed by atoms with Crippen LogP contribution in [0.4, 0.5) is 0 Å². The summed E-state index contributed by atoms with van der Waals surface area (Å²) in [6, 6.07) is 2.11. The van der Waals surface area contributed by atoms with Crippen molar-refractivity contribution >= 4 is 0 Å². The van der Waals surface area contributed by atoms with Crippen LogP contribution in [0.3, 0.4) is 0 Å². The molecule has 108 valence electrons. The summed E-state index contributed by atoms with van der Waals surface area (Å²) < 4.78 is 5.78. The Balaban J connectivity index is 1.95. The molecule has 1 aromatic rings. The van der Waals surface area contributed by atoms with E-state index >= 15 is 0 Å². The van der Waals surface area contributed by atoms with E-state index in [1.165, 1.54) is 19.3 Å². The minimum Gasteiger partial charge on any atom is -0.463 e. The minimum absolute atomic E-state index is 0.368. The van der Waals surface area contributed by atoms with Gasteiger partial charge in [0.2, 0.25) is 0 Å². The SMILES string of the molecule is Cc1cc(CN(C)CC2(N(C)C)CCC2)oc1CN. The van der Waals surface area contributed by atoms with Crippen LogP contribution in [0.25, 0.3) is 0 Å². The molecule has 4 heteroatoms. The van der Waals surface area contributed by atoms with Crippen LogP contribution in [0, 0.1) is 6.92 Å². The van der Waals surface area contributed by atoms with Gasteiger partial charge >= 0.3 is 0 Å². The molecule has 2 rings (SSSR count). The third kappa shape index (κ3) is 3.02. The van der Waals surface area contributed by atoms with E-state index in [1.807, 2.05) is 0 Å². The lowest BCUT2D eigenvalue weighted by Gasteiger charge is -2.49. The first-order valence-electron chi connectivity index (χ1n) is 7.11. The van der Waals surface area contributed by atoms with E-state index in [9.17, 15) is 0 Å². The standard InChI is InChI=1S/C15H27N3O/c1-12-8-13(19-14(12)9-16)10-18(4)11-15(17(2)3)6-5-7-15/h8H,5-7,9-11,16H2,1-4H3. The highest BCUT2D eigenvalue weighted by atomic mass is 16.3. The molecule has 1 aliphatic carbocycles. The minimum atomic E-state index is 0.368. The topological polar surface area (TPSA) is 45.6 Å². The molecule has 0 amide bonds. The zero-order valence-corrected chi connectivity index (χ0v) is 12.7. The maximum atomic E-state index is 5.78. The van der Waals surface area contributed by atoms with Gasteiger partial charge in [-0.15, -0.1) is 0 Å². The fourth-order valence-corrected chi connectivity index (χ4v) is 3.03. The first kappa shape index (κ1) is 14.6. The van der Waals surface area contributed by atoms with Gasteiger partial charge < -0.3 is 15.1 Å². The summed E-state index contributed by atoms with van der Waals surface area (Å²) in [5, 5.41) is 0. The molecule has 0 spiro atoms. The van der Waals surface area contributed by atoms with Gasteiger partial charge in [0, 0.05) is 12.1 Å². The van der Waals surface area contributed by atoms with Crippen LogP contribution in [0.5, 0.6) is 0 Å². The number of nitrogens with two attached hydrogens (primary N) is 1. The molecule has 0 aliphatic heterocycles. The first-order valence-corrected chi connectivity index (χ1v) is 7.11. The van der Waals surface area contributed by atoms with Gasteiger partial charge in [0.25, 0.3) is 0 Å². The van der Waals surface area contributed by atoms with E-state index in [4.69, 9.17) is 10.2 Å². The number of aryl methyl sites for hydroxylation is 1. The average molecular weight is 265 g/mol. The van der Waals surface area contributed by atoms with Crippen LogP contribution >= 0.6 is 0 Å². The summed E-state index contributed by atoms with van der Waals surface area (Å²) >= 11 is 0. The van der Waals surface area contributed by atoms with Gasteiger partial charge in [0.1, 0.15) is 11.5 Å². The Morgan fingerprint density at radius 3 is 2.42 bits per heavy atom. The van der Waals surface area contributed by atoms with Crippen LogP contribution in [0.1, 0.15) is 36.3 Å². The Kier molecular flexibility index (Phi) is 4.33. The zero-order chi connectivity index (χ0) is 14.0. The van der Waals surface area contributed by atoms with Gasteiger partial charge in [-0.1, -0.05) is 0 Å². The van der Waals surface area contributed by atoms with E-state index in [0.717, 1.165) is 30.2 Å². The normalized spacial score (nSPS) is 18.1. The Morgan fingerprint density at radius 2 is 2.00 bits per heavy atom. The molecule has 4 nitrogen and oxygen atoms in total. The van der Waals surface area contributed by atoms with Gasteiger partial charge in [-0.3, -0.25) is 4.90 Å². The quantitative estimate of drug-likeness (QED) is 0.854. The van der Waals surface area contributed by atoms with Crippen molar-refractivity contribution in [2.24, 2.45) is 5.73 Å². The van der Waals surface area contributed by atoms with Crippen LogP contribution in [-0.4, -0.2) is 43.0 Å². The largest absolute Gasteiger partial charge is 0.463 e. The molecule has 1 aromatic heterocycles. The molecule has 2 N–H and O–H groups in total. The second-order valence-corrected chi connectivity index (χ2v) is 6.17. The fourth-order valence-electron chi connectivity index (χ4n) is 3.03. The van der Waals surface area contributed by atoms with Gasteiger partial charge in [-0.05, 0) is 59.0 Å². The van der Waals surface area contributed by atoms with Crippen LogP contribution in [0.2, 0.25) is 0 Å². The lowest BCUT2D eigenvalue weighted by atomic mass is 9.75. The second kappa shape index (κ2) is 5.65. The molecule has 19 heavy (non-hydrogen) atoms. The zero-order valence-electron chi connectivity index (χ0n) is 12.7. The number of hydrogen-bond donors (Lipinski definition) is 1. The Hall–Kier alpha value is -0.840. The maximum absolute atomic E-state index is 5.78. The molecule has 0 aromatic carbocycles. The molecule has 1 fully saturated rings. The Bertz CT molecular complexity index is 421. The van der Waals surface area contributed by atoms with Gasteiger partial charge in [0.05, 0.1) is 13.1 Å². The molecule has 0 saturated heterocycles. The van der Waals surface area contributed by atoms with Gasteiger partial charge in [-0.2, -0.15) is 0 Å². The van der Waals surface area contributed by atoms with E-state index < -0.39 is 0 Å². The molecule has 0 radical (unpaired) electrons. The molecule has 0 bridgehead atoms. The van der Waals surface area contributed by atoms with Crippen molar-refractivity contribution in [3.8, 4) is 0 Å². The van der Waals surface area contributed by atoms with E-state index in [1.54, 1.807) is 0 Å². The van der Waals surface area contributed by atoms with Crippen LogP contribution in [0.15, 0.2) is 10.5 Å². The fraction of sp³-hybridized carbons (Fsp3) is 0.733. The molecule has 1 aliphatic rings. The van der Waals surface area contributed by atoms with Crippen molar-refractivity contribution in [1.29, 1.82) is 0 Å². The summed E-state index contributed by atoms with van der Waals surface area (Å²) in [5.41, 5.74) is 7.18. The van der Waals surface area contributed by atoms with Crippen molar-refractivity contribution < 1.29 is 4.42 Å². The van der Waals surface area contributed by atoms with Crippen molar-refractivity contribution in [3.63, 3.8) is 0 Å². The number of nitrogens with zero attached hydrogens (tertiary/aromatic N) is 2. The number of hydrogen-bond acceptors (Lipinski definition) is 4. The highest BCUT2D eigenvalue weighted by Gasteiger charge is 2.39. The lowest BCUT2D eigenvalue weighted by molar-refractivity contribution is 0.0243. The highest BCUT2D eigenvalue weighted by Crippen LogP contribution is 2.36. The third-order valence-electron chi connectivity index (χ3n) is 4.48. The number of furan rings is 1. The average Bonchev–Trinajstić information content (AvgIpc) is 2.63.